The van der Waals surface area contributed by atoms with E-state index in [4.69, 9.17) is 11.6 Å². The highest BCUT2D eigenvalue weighted by molar-refractivity contribution is 7.89. The molecule has 2 aromatic carbocycles. The molecule has 2 amide bonds. The molecule has 0 radical (unpaired) electrons. The molecule has 0 spiro atoms. The molecule has 2 aliphatic rings. The normalized spacial score (nSPS) is 17.5. The van der Waals surface area contributed by atoms with Gasteiger partial charge in [-0.05, 0) is 43.2 Å². The van der Waals surface area contributed by atoms with Crippen LogP contribution in [-0.4, -0.2) is 43.3 Å². The fourth-order valence-electron chi connectivity index (χ4n) is 3.54. The summed E-state index contributed by atoms with van der Waals surface area (Å²) in [5.74, 6) is -0.700. The summed E-state index contributed by atoms with van der Waals surface area (Å²) in [7, 11) is -3.74. The summed E-state index contributed by atoms with van der Waals surface area (Å²) in [5.41, 5.74) is 1.04. The van der Waals surface area contributed by atoms with Crippen LogP contribution in [-0.2, 0) is 19.6 Å². The van der Waals surface area contributed by atoms with Crippen LogP contribution in [0.15, 0.2) is 58.5 Å². The lowest BCUT2D eigenvalue weighted by atomic mass is 10.1. The summed E-state index contributed by atoms with van der Waals surface area (Å²) in [6.45, 7) is 0.908. The van der Waals surface area contributed by atoms with Crippen molar-refractivity contribution in [3.05, 3.63) is 53.6 Å². The minimum Gasteiger partial charge on any atom is -0.321 e. The zero-order valence-corrected chi connectivity index (χ0v) is 18.2. The van der Waals surface area contributed by atoms with Gasteiger partial charge in [0.2, 0.25) is 15.9 Å². The van der Waals surface area contributed by atoms with Gasteiger partial charge < -0.3 is 5.32 Å². The van der Waals surface area contributed by atoms with Gasteiger partial charge in [-0.15, -0.1) is 0 Å². The smallest absolute Gasteiger partial charge is 0.271 e. The summed E-state index contributed by atoms with van der Waals surface area (Å²) in [5, 5.41) is 8.21. The number of para-hydroxylation sites is 1. The molecule has 1 saturated heterocycles. The van der Waals surface area contributed by atoms with E-state index in [0.717, 1.165) is 12.8 Å². The van der Waals surface area contributed by atoms with Gasteiger partial charge in [0.1, 0.15) is 10.6 Å². The van der Waals surface area contributed by atoms with Crippen LogP contribution in [0.5, 0.6) is 0 Å². The number of benzene rings is 2. The number of halogens is 1. The van der Waals surface area contributed by atoms with E-state index >= 15 is 0 Å². The summed E-state index contributed by atoms with van der Waals surface area (Å²) < 4.78 is 27.2. The monoisotopic (exact) mass is 460 g/mol. The lowest BCUT2D eigenvalue weighted by Gasteiger charge is -2.23. The average Bonchev–Trinajstić information content (AvgIpc) is 3.32. The van der Waals surface area contributed by atoms with Crippen LogP contribution in [0.3, 0.4) is 0 Å². The van der Waals surface area contributed by atoms with Crippen molar-refractivity contribution in [3.63, 3.8) is 0 Å². The lowest BCUT2D eigenvalue weighted by molar-refractivity contribution is -0.118. The Morgan fingerprint density at radius 1 is 1.03 bits per heavy atom. The Morgan fingerprint density at radius 2 is 1.74 bits per heavy atom. The Hall–Kier alpha value is -2.75. The van der Waals surface area contributed by atoms with E-state index in [0.29, 0.717) is 18.8 Å². The Bertz CT molecular complexity index is 1150. The number of hydrazone groups is 1. The molecule has 2 heterocycles. The molecular weight excluding hydrogens is 440 g/mol. The maximum absolute atomic E-state index is 12.9. The molecule has 8 nitrogen and oxygen atoms in total. The van der Waals surface area contributed by atoms with E-state index in [1.807, 2.05) is 6.07 Å². The lowest BCUT2D eigenvalue weighted by Crippen LogP contribution is -2.36. The fourth-order valence-corrected chi connectivity index (χ4v) is 5.55. The van der Waals surface area contributed by atoms with Crippen LogP contribution in [0.2, 0.25) is 5.02 Å². The van der Waals surface area contributed by atoms with E-state index in [1.165, 1.54) is 27.5 Å². The number of hydrogen-bond donors (Lipinski definition) is 1. The first-order valence-corrected chi connectivity index (χ1v) is 11.7. The molecule has 1 N–H and O–H groups in total. The molecule has 0 atom stereocenters. The Labute approximate surface area is 185 Å². The third-order valence-corrected chi connectivity index (χ3v) is 7.55. The van der Waals surface area contributed by atoms with Crippen molar-refractivity contribution >= 4 is 50.5 Å². The largest absolute Gasteiger partial charge is 0.321 e. The van der Waals surface area contributed by atoms with E-state index < -0.39 is 15.9 Å². The second-order valence-electron chi connectivity index (χ2n) is 7.30. The zero-order chi connectivity index (χ0) is 22.0. The summed E-state index contributed by atoms with van der Waals surface area (Å²) in [6, 6.07) is 13.2. The quantitative estimate of drug-likeness (QED) is 0.740. The van der Waals surface area contributed by atoms with Gasteiger partial charge in [0, 0.05) is 31.6 Å². The van der Waals surface area contributed by atoms with Crippen molar-refractivity contribution in [2.75, 3.05) is 23.4 Å². The second-order valence-corrected chi connectivity index (χ2v) is 9.61. The van der Waals surface area contributed by atoms with Gasteiger partial charge in [-0.25, -0.2) is 13.4 Å². The summed E-state index contributed by atoms with van der Waals surface area (Å²) in [6.07, 6.45) is 1.96. The van der Waals surface area contributed by atoms with Crippen molar-refractivity contribution < 1.29 is 18.0 Å². The van der Waals surface area contributed by atoms with Crippen molar-refractivity contribution in [1.82, 2.24) is 4.31 Å². The maximum atomic E-state index is 12.9. The number of carbonyl (C=O) groups excluding carboxylic acids is 2. The molecule has 162 valence electrons. The highest BCUT2D eigenvalue weighted by Crippen LogP contribution is 2.30. The summed E-state index contributed by atoms with van der Waals surface area (Å²) in [4.78, 5) is 25.0. The third kappa shape index (κ3) is 4.48. The van der Waals surface area contributed by atoms with Crippen LogP contribution < -0.4 is 10.3 Å². The number of anilines is 2. The molecule has 0 bridgehead atoms. The van der Waals surface area contributed by atoms with Crippen LogP contribution in [0, 0.1) is 0 Å². The van der Waals surface area contributed by atoms with E-state index in [1.54, 1.807) is 24.3 Å². The van der Waals surface area contributed by atoms with Crippen LogP contribution >= 0.6 is 11.6 Å². The first kappa shape index (κ1) is 21.5. The van der Waals surface area contributed by atoms with E-state index in [-0.39, 0.29) is 40.1 Å². The molecular formula is C21H21ClN4O4S. The van der Waals surface area contributed by atoms with Gasteiger partial charge in [-0.2, -0.15) is 9.41 Å². The first-order chi connectivity index (χ1) is 14.9. The van der Waals surface area contributed by atoms with Gasteiger partial charge >= 0.3 is 0 Å². The standard InChI is InChI=1S/C21H21ClN4O4S/c22-17-9-8-15(14-19(17)31(29,30)25-12-4-5-13-25)23-21(28)18-10-11-20(27)26(24-18)16-6-2-1-3-7-16/h1-3,6-9,14H,4-5,10-13H2,(H,23,28). The number of nitrogens with one attached hydrogen (secondary N) is 1. The molecule has 0 aliphatic carbocycles. The Balaban J connectivity index is 1.57. The number of carbonyl (C=O) groups is 2. The van der Waals surface area contributed by atoms with E-state index in [2.05, 4.69) is 10.4 Å². The highest BCUT2D eigenvalue weighted by Gasteiger charge is 2.30. The zero-order valence-electron chi connectivity index (χ0n) is 16.6. The van der Waals surface area contributed by atoms with Crippen molar-refractivity contribution in [2.24, 2.45) is 5.10 Å². The van der Waals surface area contributed by atoms with E-state index in [9.17, 15) is 18.0 Å². The predicted octanol–water partition coefficient (Wildman–Crippen LogP) is 3.25. The van der Waals surface area contributed by atoms with Gasteiger partial charge in [-0.1, -0.05) is 29.8 Å². The van der Waals surface area contributed by atoms with Gasteiger partial charge in [0.15, 0.2) is 0 Å². The van der Waals surface area contributed by atoms with Crippen molar-refractivity contribution in [1.29, 1.82) is 0 Å². The van der Waals surface area contributed by atoms with Crippen LogP contribution in [0.4, 0.5) is 11.4 Å². The number of amides is 2. The van der Waals surface area contributed by atoms with Crippen molar-refractivity contribution in [2.45, 2.75) is 30.6 Å². The number of rotatable bonds is 5. The molecule has 1 fully saturated rings. The van der Waals surface area contributed by atoms with Crippen LogP contribution in [0.25, 0.3) is 0 Å². The van der Waals surface area contributed by atoms with Gasteiger partial charge in [-0.3, -0.25) is 9.59 Å². The van der Waals surface area contributed by atoms with Crippen molar-refractivity contribution in [3.8, 4) is 0 Å². The Kier molecular flexibility index (Phi) is 6.08. The molecule has 0 unspecified atom stereocenters. The predicted molar refractivity (Wildman–Crippen MR) is 119 cm³/mol. The van der Waals surface area contributed by atoms with Gasteiger partial charge in [0.25, 0.3) is 5.91 Å². The average molecular weight is 461 g/mol. The summed E-state index contributed by atoms with van der Waals surface area (Å²) >= 11 is 6.16. The molecule has 10 heteroatoms. The maximum Gasteiger partial charge on any atom is 0.271 e. The van der Waals surface area contributed by atoms with Crippen LogP contribution in [0.1, 0.15) is 25.7 Å². The third-order valence-electron chi connectivity index (χ3n) is 5.17. The molecule has 0 saturated carbocycles. The molecule has 0 aromatic heterocycles. The first-order valence-electron chi connectivity index (χ1n) is 9.93. The topological polar surface area (TPSA) is 99.2 Å². The van der Waals surface area contributed by atoms with Gasteiger partial charge in [0.05, 0.1) is 10.7 Å². The highest BCUT2D eigenvalue weighted by atomic mass is 35.5. The molecule has 31 heavy (non-hydrogen) atoms. The SMILES string of the molecule is O=C(Nc1ccc(Cl)c(S(=O)(=O)N2CCCC2)c1)C1=NN(c2ccccc2)C(=O)CC1. The fraction of sp³-hybridized carbons (Fsp3) is 0.286. The second kappa shape index (κ2) is 8.78. The number of sulfonamides is 1. The molecule has 2 aromatic rings. The number of hydrogen-bond acceptors (Lipinski definition) is 5. The molecule has 2 aliphatic heterocycles. The minimum absolute atomic E-state index is 0.0412. The minimum atomic E-state index is -3.74. The Morgan fingerprint density at radius 3 is 2.45 bits per heavy atom. The molecule has 4 rings (SSSR count). The number of nitrogens with zero attached hydrogens (tertiary/aromatic N) is 3.